The number of nitrogens with zero attached hydrogens (tertiary/aromatic N) is 1. The summed E-state index contributed by atoms with van der Waals surface area (Å²) in [7, 11) is 1.49. The van der Waals surface area contributed by atoms with Gasteiger partial charge in [-0.3, -0.25) is 14.5 Å². The van der Waals surface area contributed by atoms with Gasteiger partial charge in [0, 0.05) is 5.56 Å². The molecule has 0 aliphatic carbocycles. The van der Waals surface area contributed by atoms with Crippen LogP contribution in [0.25, 0.3) is 5.76 Å². The first-order valence-corrected chi connectivity index (χ1v) is 10.3. The summed E-state index contributed by atoms with van der Waals surface area (Å²) in [4.78, 5) is 27.7. The number of carbonyl (C=O) groups excluding carboxylic acids is 2. The fourth-order valence-corrected chi connectivity index (χ4v) is 4.29. The number of para-hydroxylation sites is 2. The Bertz CT molecular complexity index is 1230. The van der Waals surface area contributed by atoms with E-state index in [0.29, 0.717) is 29.4 Å². The summed E-state index contributed by atoms with van der Waals surface area (Å²) in [5.41, 5.74) is 1.78. The third-order valence-corrected chi connectivity index (χ3v) is 5.78. The van der Waals surface area contributed by atoms with Crippen molar-refractivity contribution in [2.75, 3.05) is 18.6 Å². The number of fused-ring (bicyclic) bond motifs is 1. The number of aliphatic hydroxyl groups excluding tert-OH is 1. The van der Waals surface area contributed by atoms with Gasteiger partial charge >= 0.3 is 0 Å². The van der Waals surface area contributed by atoms with Crippen molar-refractivity contribution in [2.45, 2.75) is 18.9 Å². The monoisotopic (exact) mass is 431 g/mol. The molecule has 3 aromatic rings. The predicted octanol–water partition coefficient (Wildman–Crippen LogP) is 4.24. The number of hydrogen-bond donors (Lipinski definition) is 1. The van der Waals surface area contributed by atoms with Crippen molar-refractivity contribution in [3.05, 3.63) is 83.3 Å². The van der Waals surface area contributed by atoms with Crippen molar-refractivity contribution in [1.82, 2.24) is 0 Å². The Hall–Kier alpha value is -4.00. The number of furan rings is 1. The molecule has 7 heteroatoms. The van der Waals surface area contributed by atoms with Crippen LogP contribution in [0.2, 0.25) is 0 Å². The number of ketones is 1. The van der Waals surface area contributed by atoms with E-state index >= 15 is 0 Å². The molecule has 1 atom stereocenters. The average Bonchev–Trinajstić information content (AvgIpc) is 3.45. The highest BCUT2D eigenvalue weighted by Gasteiger charge is 2.49. The molecule has 2 aliphatic rings. The maximum atomic E-state index is 13.2. The van der Waals surface area contributed by atoms with Crippen LogP contribution in [0, 0.1) is 0 Å². The van der Waals surface area contributed by atoms with Gasteiger partial charge in [0.25, 0.3) is 11.7 Å². The number of amides is 1. The first kappa shape index (κ1) is 19.9. The second-order valence-electron chi connectivity index (χ2n) is 7.63. The van der Waals surface area contributed by atoms with Gasteiger partial charge in [-0.1, -0.05) is 12.1 Å². The first-order valence-electron chi connectivity index (χ1n) is 10.3. The molecule has 1 saturated heterocycles. The molecule has 0 bridgehead atoms. The van der Waals surface area contributed by atoms with Gasteiger partial charge < -0.3 is 19.0 Å². The number of Topliss-reactive ketones (excluding diaryl/α,β-unsaturated/α-hetero) is 1. The van der Waals surface area contributed by atoms with Gasteiger partial charge in [0.15, 0.2) is 0 Å². The normalized spacial score (nSPS) is 19.5. The molecule has 5 rings (SSSR count). The Balaban J connectivity index is 1.69. The lowest BCUT2D eigenvalue weighted by Crippen LogP contribution is -2.29. The van der Waals surface area contributed by atoms with E-state index in [1.165, 1.54) is 18.3 Å². The second-order valence-corrected chi connectivity index (χ2v) is 7.63. The van der Waals surface area contributed by atoms with Crippen molar-refractivity contribution >= 4 is 23.1 Å². The molecular weight excluding hydrogens is 410 g/mol. The van der Waals surface area contributed by atoms with Gasteiger partial charge in [0.05, 0.1) is 31.2 Å². The SMILES string of the molecule is COc1ccccc1N1C(=O)C(=O)/C(=C(\O)c2ccc3c(c2)CCCO3)C1c1ccco1. The van der Waals surface area contributed by atoms with Crippen LogP contribution in [0.1, 0.15) is 29.3 Å². The highest BCUT2D eigenvalue weighted by Crippen LogP contribution is 2.45. The average molecular weight is 431 g/mol. The molecule has 0 spiro atoms. The van der Waals surface area contributed by atoms with Gasteiger partial charge in [0.2, 0.25) is 0 Å². The predicted molar refractivity (Wildman–Crippen MR) is 117 cm³/mol. The smallest absolute Gasteiger partial charge is 0.300 e. The zero-order valence-electron chi connectivity index (χ0n) is 17.4. The van der Waals surface area contributed by atoms with E-state index in [1.54, 1.807) is 54.6 Å². The van der Waals surface area contributed by atoms with Gasteiger partial charge in [-0.05, 0) is 60.9 Å². The largest absolute Gasteiger partial charge is 0.507 e. The summed E-state index contributed by atoms with van der Waals surface area (Å²) >= 11 is 0. The Kier molecular flexibility index (Phi) is 4.93. The van der Waals surface area contributed by atoms with Crippen molar-refractivity contribution < 1.29 is 28.6 Å². The van der Waals surface area contributed by atoms with E-state index < -0.39 is 17.7 Å². The van der Waals surface area contributed by atoms with Gasteiger partial charge in [0.1, 0.15) is 29.1 Å². The third kappa shape index (κ3) is 3.13. The number of carbonyl (C=O) groups is 2. The molecule has 0 radical (unpaired) electrons. The number of aryl methyl sites for hydroxylation is 1. The van der Waals surface area contributed by atoms with Gasteiger partial charge in [-0.2, -0.15) is 0 Å². The minimum atomic E-state index is -0.936. The lowest BCUT2D eigenvalue weighted by atomic mass is 9.96. The molecule has 32 heavy (non-hydrogen) atoms. The Morgan fingerprint density at radius 2 is 1.97 bits per heavy atom. The molecule has 0 saturated carbocycles. The molecule has 2 aromatic carbocycles. The summed E-state index contributed by atoms with van der Waals surface area (Å²) in [6.07, 6.45) is 3.16. The molecule has 2 aliphatic heterocycles. The zero-order valence-corrected chi connectivity index (χ0v) is 17.4. The number of anilines is 1. The topological polar surface area (TPSA) is 89.2 Å². The van der Waals surface area contributed by atoms with Crippen LogP contribution in [-0.2, 0) is 16.0 Å². The number of ether oxygens (including phenoxy) is 2. The maximum absolute atomic E-state index is 13.2. The van der Waals surface area contributed by atoms with Gasteiger partial charge in [-0.25, -0.2) is 0 Å². The minimum Gasteiger partial charge on any atom is -0.507 e. The standard InChI is InChI=1S/C25H21NO6/c1-30-19-8-3-2-7-17(19)26-22(20-9-5-13-32-20)21(24(28)25(26)29)23(27)16-10-11-18-15(14-16)6-4-12-31-18/h2-3,5,7-11,13-14,22,27H,4,6,12H2,1H3/b23-21-. The van der Waals surface area contributed by atoms with E-state index in [2.05, 4.69) is 0 Å². The zero-order chi connectivity index (χ0) is 22.2. The van der Waals surface area contributed by atoms with E-state index in [1.807, 2.05) is 0 Å². The fourth-order valence-electron chi connectivity index (χ4n) is 4.29. The van der Waals surface area contributed by atoms with Crippen molar-refractivity contribution in [2.24, 2.45) is 0 Å². The lowest BCUT2D eigenvalue weighted by Gasteiger charge is -2.25. The number of rotatable bonds is 4. The Morgan fingerprint density at radius 3 is 2.75 bits per heavy atom. The van der Waals surface area contributed by atoms with E-state index in [-0.39, 0.29) is 11.3 Å². The molecular formula is C25H21NO6. The highest BCUT2D eigenvalue weighted by molar-refractivity contribution is 6.51. The van der Waals surface area contributed by atoms with Crippen molar-refractivity contribution in [3.8, 4) is 11.5 Å². The maximum Gasteiger partial charge on any atom is 0.300 e. The van der Waals surface area contributed by atoms with Crippen LogP contribution >= 0.6 is 0 Å². The van der Waals surface area contributed by atoms with E-state index in [0.717, 1.165) is 24.2 Å². The molecule has 1 amide bonds. The minimum absolute atomic E-state index is 0.0347. The first-order chi connectivity index (χ1) is 15.6. The van der Waals surface area contributed by atoms with Crippen LogP contribution in [-0.4, -0.2) is 30.5 Å². The van der Waals surface area contributed by atoms with Crippen LogP contribution in [0.4, 0.5) is 5.69 Å². The summed E-state index contributed by atoms with van der Waals surface area (Å²) in [6.45, 7) is 0.654. The second kappa shape index (κ2) is 7.92. The molecule has 3 heterocycles. The van der Waals surface area contributed by atoms with Crippen LogP contribution in [0.5, 0.6) is 11.5 Å². The third-order valence-electron chi connectivity index (χ3n) is 5.78. The molecule has 1 aromatic heterocycles. The summed E-state index contributed by atoms with van der Waals surface area (Å²) in [5, 5.41) is 11.2. The number of benzene rings is 2. The molecule has 1 fully saturated rings. The summed E-state index contributed by atoms with van der Waals surface area (Å²) < 4.78 is 16.7. The Labute approximate surface area is 184 Å². The van der Waals surface area contributed by atoms with Crippen molar-refractivity contribution in [1.29, 1.82) is 0 Å². The van der Waals surface area contributed by atoms with Crippen LogP contribution in [0.15, 0.2) is 70.9 Å². The van der Waals surface area contributed by atoms with Crippen molar-refractivity contribution in [3.63, 3.8) is 0 Å². The lowest BCUT2D eigenvalue weighted by molar-refractivity contribution is -0.132. The summed E-state index contributed by atoms with van der Waals surface area (Å²) in [6, 6.07) is 14.6. The highest BCUT2D eigenvalue weighted by atomic mass is 16.5. The fraction of sp³-hybridized carbons (Fsp3) is 0.200. The van der Waals surface area contributed by atoms with Crippen LogP contribution < -0.4 is 14.4 Å². The molecule has 1 unspecified atom stereocenters. The summed E-state index contributed by atoms with van der Waals surface area (Å²) in [5.74, 6) is -0.252. The number of aliphatic hydroxyl groups is 1. The van der Waals surface area contributed by atoms with E-state index in [9.17, 15) is 14.7 Å². The quantitative estimate of drug-likeness (QED) is 0.378. The Morgan fingerprint density at radius 1 is 1.12 bits per heavy atom. The molecule has 7 nitrogen and oxygen atoms in total. The van der Waals surface area contributed by atoms with E-state index in [4.69, 9.17) is 13.9 Å². The molecule has 162 valence electrons. The van der Waals surface area contributed by atoms with Crippen LogP contribution in [0.3, 0.4) is 0 Å². The number of methoxy groups -OCH3 is 1. The molecule has 1 N–H and O–H groups in total. The van der Waals surface area contributed by atoms with Gasteiger partial charge in [-0.15, -0.1) is 0 Å². The number of hydrogen-bond acceptors (Lipinski definition) is 6.